The van der Waals surface area contributed by atoms with Gasteiger partial charge in [0.2, 0.25) is 5.95 Å². The van der Waals surface area contributed by atoms with E-state index in [1.54, 1.807) is 0 Å². The molecule has 112 valence electrons. The van der Waals surface area contributed by atoms with E-state index in [-0.39, 0.29) is 0 Å². The van der Waals surface area contributed by atoms with Crippen molar-refractivity contribution in [3.05, 3.63) is 15.6 Å². The van der Waals surface area contributed by atoms with Gasteiger partial charge in [0.25, 0.3) is 0 Å². The summed E-state index contributed by atoms with van der Waals surface area (Å²) in [7, 11) is 0. The molecule has 0 amide bonds. The molecule has 1 atom stereocenters. The zero-order valence-electron chi connectivity index (χ0n) is 12.2. The summed E-state index contributed by atoms with van der Waals surface area (Å²) in [6, 6.07) is 0. The van der Waals surface area contributed by atoms with Crippen LogP contribution >= 0.6 is 22.9 Å². The van der Waals surface area contributed by atoms with Crippen molar-refractivity contribution in [3.8, 4) is 0 Å². The van der Waals surface area contributed by atoms with Crippen LogP contribution in [0.1, 0.15) is 23.8 Å². The summed E-state index contributed by atoms with van der Waals surface area (Å²) >= 11 is 8.33. The number of nitrogens with zero attached hydrogens (tertiary/aromatic N) is 3. The Kier molecular flexibility index (Phi) is 3.52. The Morgan fingerprint density at radius 2 is 2.10 bits per heavy atom. The van der Waals surface area contributed by atoms with E-state index in [2.05, 4.69) is 22.1 Å². The number of aromatic nitrogens is 2. The summed E-state index contributed by atoms with van der Waals surface area (Å²) in [6.07, 6.45) is 3.52. The number of nitrogens with one attached hydrogen (secondary N) is 1. The fraction of sp³-hybridized carbons (Fsp3) is 0.600. The fourth-order valence-corrected chi connectivity index (χ4v) is 5.01. The highest BCUT2D eigenvalue weighted by Crippen LogP contribution is 2.40. The molecule has 6 heteroatoms. The SMILES string of the molecule is CC1CCc2c(sc3nc(N4CCNCC4)nc(Cl)c23)C1. The Morgan fingerprint density at radius 1 is 1.29 bits per heavy atom. The highest BCUT2D eigenvalue weighted by molar-refractivity contribution is 7.19. The van der Waals surface area contributed by atoms with E-state index in [9.17, 15) is 0 Å². The number of hydrogen-bond donors (Lipinski definition) is 1. The summed E-state index contributed by atoms with van der Waals surface area (Å²) in [6.45, 7) is 6.19. The van der Waals surface area contributed by atoms with Gasteiger partial charge in [0.05, 0.1) is 5.39 Å². The average Bonchev–Trinajstić information content (AvgIpc) is 2.85. The zero-order chi connectivity index (χ0) is 14.4. The van der Waals surface area contributed by atoms with Crippen LogP contribution in [0.25, 0.3) is 10.2 Å². The number of piperazine rings is 1. The van der Waals surface area contributed by atoms with Crippen LogP contribution in [0.5, 0.6) is 0 Å². The smallest absolute Gasteiger partial charge is 0.228 e. The maximum absolute atomic E-state index is 6.51. The molecule has 2 aromatic rings. The lowest BCUT2D eigenvalue weighted by Gasteiger charge is -2.27. The van der Waals surface area contributed by atoms with Gasteiger partial charge < -0.3 is 10.2 Å². The van der Waals surface area contributed by atoms with E-state index >= 15 is 0 Å². The van der Waals surface area contributed by atoms with Gasteiger partial charge in [-0.1, -0.05) is 18.5 Å². The van der Waals surface area contributed by atoms with E-state index in [4.69, 9.17) is 16.6 Å². The molecule has 1 saturated heterocycles. The number of fused-ring (bicyclic) bond motifs is 3. The Hall–Kier alpha value is -0.910. The fourth-order valence-electron chi connectivity index (χ4n) is 3.29. The van der Waals surface area contributed by atoms with Crippen molar-refractivity contribution in [1.29, 1.82) is 0 Å². The molecule has 1 N–H and O–H groups in total. The molecule has 0 saturated carbocycles. The van der Waals surface area contributed by atoms with Crippen LogP contribution in [0.3, 0.4) is 0 Å². The van der Waals surface area contributed by atoms with E-state index < -0.39 is 0 Å². The summed E-state index contributed by atoms with van der Waals surface area (Å²) in [5, 5.41) is 5.11. The monoisotopic (exact) mass is 322 g/mol. The van der Waals surface area contributed by atoms with Crippen molar-refractivity contribution >= 4 is 39.1 Å². The van der Waals surface area contributed by atoms with Crippen molar-refractivity contribution in [2.75, 3.05) is 31.1 Å². The molecule has 1 aliphatic carbocycles. The van der Waals surface area contributed by atoms with Gasteiger partial charge in [0.1, 0.15) is 9.98 Å². The molecule has 3 heterocycles. The van der Waals surface area contributed by atoms with Gasteiger partial charge in [-0.05, 0) is 30.7 Å². The van der Waals surface area contributed by atoms with Crippen molar-refractivity contribution in [3.63, 3.8) is 0 Å². The van der Waals surface area contributed by atoms with Crippen molar-refractivity contribution in [2.24, 2.45) is 5.92 Å². The Bertz CT molecular complexity index is 678. The summed E-state index contributed by atoms with van der Waals surface area (Å²) < 4.78 is 0. The molecule has 0 spiro atoms. The third-order valence-electron chi connectivity index (χ3n) is 4.50. The highest BCUT2D eigenvalue weighted by atomic mass is 35.5. The third kappa shape index (κ3) is 2.41. The Labute approximate surface area is 133 Å². The van der Waals surface area contributed by atoms with Gasteiger partial charge in [-0.2, -0.15) is 0 Å². The van der Waals surface area contributed by atoms with Crippen LogP contribution in [0.4, 0.5) is 5.95 Å². The number of hydrogen-bond acceptors (Lipinski definition) is 5. The maximum Gasteiger partial charge on any atom is 0.228 e. The molecule has 1 fully saturated rings. The summed E-state index contributed by atoms with van der Waals surface area (Å²) in [5.41, 5.74) is 1.41. The molecule has 4 rings (SSSR count). The topological polar surface area (TPSA) is 41.1 Å². The third-order valence-corrected chi connectivity index (χ3v) is 5.92. The quantitative estimate of drug-likeness (QED) is 0.820. The van der Waals surface area contributed by atoms with Crippen LogP contribution < -0.4 is 10.2 Å². The lowest BCUT2D eigenvalue weighted by Crippen LogP contribution is -2.44. The second-order valence-corrected chi connectivity index (χ2v) is 7.53. The summed E-state index contributed by atoms with van der Waals surface area (Å²) in [5.74, 6) is 1.56. The molecule has 21 heavy (non-hydrogen) atoms. The predicted molar refractivity (Wildman–Crippen MR) is 88.7 cm³/mol. The minimum Gasteiger partial charge on any atom is -0.338 e. The molecule has 1 aliphatic heterocycles. The standard InChI is InChI=1S/C15H19ClN4S/c1-9-2-3-10-11(8-9)21-14-12(10)13(16)18-15(19-14)20-6-4-17-5-7-20/h9,17H,2-8H2,1H3. The highest BCUT2D eigenvalue weighted by Gasteiger charge is 2.24. The normalized spacial score (nSPS) is 22.6. The first-order valence-corrected chi connectivity index (χ1v) is 8.85. The second-order valence-electron chi connectivity index (χ2n) is 6.08. The van der Waals surface area contributed by atoms with Crippen LogP contribution in [0.15, 0.2) is 0 Å². The van der Waals surface area contributed by atoms with E-state index in [0.717, 1.165) is 61.1 Å². The molecule has 2 aliphatic rings. The molecule has 0 radical (unpaired) electrons. The molecule has 4 nitrogen and oxygen atoms in total. The van der Waals surface area contributed by atoms with Crippen molar-refractivity contribution < 1.29 is 0 Å². The molecule has 0 aromatic carbocycles. The zero-order valence-corrected chi connectivity index (χ0v) is 13.7. The van der Waals surface area contributed by atoms with Crippen LogP contribution in [0.2, 0.25) is 5.15 Å². The summed E-state index contributed by atoms with van der Waals surface area (Å²) in [4.78, 5) is 14.2. The number of anilines is 1. The number of halogens is 1. The van der Waals surface area contributed by atoms with Crippen LogP contribution in [-0.2, 0) is 12.8 Å². The minimum absolute atomic E-state index is 0.639. The van der Waals surface area contributed by atoms with Gasteiger partial charge in [-0.3, -0.25) is 0 Å². The number of thiophene rings is 1. The lowest BCUT2D eigenvalue weighted by molar-refractivity contribution is 0.509. The molecular formula is C15H19ClN4S. The lowest BCUT2D eigenvalue weighted by atomic mass is 9.89. The van der Waals surface area contributed by atoms with Gasteiger partial charge in [-0.25, -0.2) is 9.97 Å². The van der Waals surface area contributed by atoms with E-state index in [1.807, 2.05) is 11.3 Å². The van der Waals surface area contributed by atoms with Gasteiger partial charge in [-0.15, -0.1) is 11.3 Å². The predicted octanol–water partition coefficient (Wildman–Crippen LogP) is 2.88. The maximum atomic E-state index is 6.51. The number of aryl methyl sites for hydroxylation is 1. The molecule has 0 bridgehead atoms. The largest absolute Gasteiger partial charge is 0.338 e. The Morgan fingerprint density at radius 3 is 2.90 bits per heavy atom. The van der Waals surface area contributed by atoms with Crippen LogP contribution in [0, 0.1) is 5.92 Å². The first kappa shape index (κ1) is 13.7. The Balaban J connectivity index is 1.79. The van der Waals surface area contributed by atoms with Gasteiger partial charge in [0.15, 0.2) is 0 Å². The molecule has 2 aromatic heterocycles. The first-order valence-electron chi connectivity index (χ1n) is 7.66. The minimum atomic E-state index is 0.639. The van der Waals surface area contributed by atoms with Crippen molar-refractivity contribution in [1.82, 2.24) is 15.3 Å². The second kappa shape index (κ2) is 5.38. The van der Waals surface area contributed by atoms with Gasteiger partial charge in [0, 0.05) is 31.1 Å². The van der Waals surface area contributed by atoms with Crippen LogP contribution in [-0.4, -0.2) is 36.1 Å². The van der Waals surface area contributed by atoms with Crippen molar-refractivity contribution in [2.45, 2.75) is 26.2 Å². The molecule has 1 unspecified atom stereocenters. The van der Waals surface area contributed by atoms with E-state index in [1.165, 1.54) is 16.9 Å². The molecular weight excluding hydrogens is 304 g/mol. The van der Waals surface area contributed by atoms with Gasteiger partial charge >= 0.3 is 0 Å². The number of rotatable bonds is 1. The first-order chi connectivity index (χ1) is 10.2. The average molecular weight is 323 g/mol. The van der Waals surface area contributed by atoms with E-state index in [0.29, 0.717) is 5.15 Å².